The second kappa shape index (κ2) is 3.35. The highest BCUT2D eigenvalue weighted by molar-refractivity contribution is 5.75. The number of carboxylic acids is 1. The summed E-state index contributed by atoms with van der Waals surface area (Å²) >= 11 is 0. The standard InChI is InChI=1S/C13H18N4O2/c1-8-14-16-17(15-8)13-5-9-2-10(6-13)4-12(3-9,7-13)11(18)19/h9-10H,2-7H2,1H3,(H,18,19)/t9-,10+,12?,13?. The first kappa shape index (κ1) is 11.4. The summed E-state index contributed by atoms with van der Waals surface area (Å²) < 4.78 is 0. The highest BCUT2D eigenvalue weighted by Gasteiger charge is 2.62. The molecule has 4 aliphatic rings. The van der Waals surface area contributed by atoms with Gasteiger partial charge in [-0.2, -0.15) is 4.80 Å². The van der Waals surface area contributed by atoms with Crippen LogP contribution in [0.1, 0.15) is 44.3 Å². The Kier molecular flexibility index (Phi) is 2.00. The predicted molar refractivity (Wildman–Crippen MR) is 65.3 cm³/mol. The smallest absolute Gasteiger partial charge is 0.309 e. The van der Waals surface area contributed by atoms with Crippen molar-refractivity contribution in [2.45, 2.75) is 51.0 Å². The fraction of sp³-hybridized carbons (Fsp3) is 0.846. The van der Waals surface area contributed by atoms with Crippen LogP contribution in [0.25, 0.3) is 0 Å². The van der Waals surface area contributed by atoms with Crippen LogP contribution >= 0.6 is 0 Å². The summed E-state index contributed by atoms with van der Waals surface area (Å²) in [5.74, 6) is 1.08. The molecule has 0 radical (unpaired) electrons. The molecule has 4 fully saturated rings. The van der Waals surface area contributed by atoms with E-state index in [2.05, 4.69) is 15.4 Å². The van der Waals surface area contributed by atoms with Crippen molar-refractivity contribution in [3.63, 3.8) is 0 Å². The second-order valence-electron chi connectivity index (χ2n) is 6.90. The third-order valence-corrected chi connectivity index (χ3v) is 5.42. The zero-order valence-electron chi connectivity index (χ0n) is 11.0. The van der Waals surface area contributed by atoms with E-state index in [9.17, 15) is 9.90 Å². The number of aliphatic carboxylic acids is 1. The van der Waals surface area contributed by atoms with Gasteiger partial charge in [-0.05, 0) is 62.5 Å². The van der Waals surface area contributed by atoms with Crippen molar-refractivity contribution in [1.29, 1.82) is 0 Å². The minimum Gasteiger partial charge on any atom is -0.481 e. The number of aromatic nitrogens is 4. The summed E-state index contributed by atoms with van der Waals surface area (Å²) in [6, 6.07) is 0. The van der Waals surface area contributed by atoms with E-state index in [1.165, 1.54) is 6.42 Å². The molecular formula is C13H18N4O2. The van der Waals surface area contributed by atoms with E-state index in [1.54, 1.807) is 4.80 Å². The Morgan fingerprint density at radius 2 is 2.00 bits per heavy atom. The van der Waals surface area contributed by atoms with Gasteiger partial charge in [-0.25, -0.2) is 0 Å². The van der Waals surface area contributed by atoms with E-state index in [0.717, 1.165) is 25.7 Å². The van der Waals surface area contributed by atoms with Gasteiger partial charge >= 0.3 is 5.97 Å². The number of aryl methyl sites for hydroxylation is 1. The molecule has 1 aromatic rings. The third-order valence-electron chi connectivity index (χ3n) is 5.42. The maximum atomic E-state index is 11.8. The maximum Gasteiger partial charge on any atom is 0.309 e. The number of carbonyl (C=O) groups is 1. The first-order chi connectivity index (χ1) is 9.01. The van der Waals surface area contributed by atoms with E-state index < -0.39 is 11.4 Å². The van der Waals surface area contributed by atoms with Crippen LogP contribution in [-0.2, 0) is 10.3 Å². The predicted octanol–water partition coefficient (Wildman–Crippen LogP) is 1.36. The lowest BCUT2D eigenvalue weighted by molar-refractivity contribution is -0.174. The van der Waals surface area contributed by atoms with Crippen molar-refractivity contribution in [2.75, 3.05) is 0 Å². The highest BCUT2D eigenvalue weighted by Crippen LogP contribution is 2.63. The van der Waals surface area contributed by atoms with Gasteiger partial charge in [0, 0.05) is 0 Å². The lowest BCUT2D eigenvalue weighted by Crippen LogP contribution is -2.59. The van der Waals surface area contributed by atoms with Gasteiger partial charge in [0.15, 0.2) is 5.82 Å². The zero-order valence-corrected chi connectivity index (χ0v) is 11.0. The molecule has 0 spiro atoms. The Hall–Kier alpha value is -1.46. The molecule has 0 aromatic carbocycles. The number of rotatable bonds is 2. The minimum absolute atomic E-state index is 0.191. The molecule has 4 bridgehead atoms. The Morgan fingerprint density at radius 3 is 2.53 bits per heavy atom. The van der Waals surface area contributed by atoms with Crippen LogP contribution in [-0.4, -0.2) is 31.3 Å². The second-order valence-corrected chi connectivity index (χ2v) is 6.90. The quantitative estimate of drug-likeness (QED) is 0.870. The molecule has 5 rings (SSSR count). The normalized spacial score (nSPS) is 43.6. The molecule has 4 aliphatic carbocycles. The van der Waals surface area contributed by atoms with Gasteiger partial charge in [0.1, 0.15) is 0 Å². The number of carboxylic acid groups (broad SMARTS) is 1. The first-order valence-electron chi connectivity index (χ1n) is 7.02. The summed E-state index contributed by atoms with van der Waals surface area (Å²) in [6.45, 7) is 1.83. The van der Waals surface area contributed by atoms with Crippen molar-refractivity contribution < 1.29 is 9.90 Å². The Labute approximate surface area is 111 Å². The molecule has 4 atom stereocenters. The zero-order chi connectivity index (χ0) is 13.3. The van der Waals surface area contributed by atoms with Crippen molar-refractivity contribution in [1.82, 2.24) is 20.2 Å². The minimum atomic E-state index is -0.622. The van der Waals surface area contributed by atoms with Crippen LogP contribution in [0, 0.1) is 24.2 Å². The fourth-order valence-corrected chi connectivity index (χ4v) is 5.18. The Morgan fingerprint density at radius 1 is 1.32 bits per heavy atom. The van der Waals surface area contributed by atoms with Crippen LogP contribution in [0.4, 0.5) is 0 Å². The van der Waals surface area contributed by atoms with Crippen molar-refractivity contribution in [3.8, 4) is 0 Å². The van der Waals surface area contributed by atoms with E-state index in [1.807, 2.05) is 6.92 Å². The first-order valence-corrected chi connectivity index (χ1v) is 7.02. The van der Waals surface area contributed by atoms with Crippen molar-refractivity contribution in [2.24, 2.45) is 17.3 Å². The number of tetrazole rings is 1. The molecule has 19 heavy (non-hydrogen) atoms. The van der Waals surface area contributed by atoms with Crippen LogP contribution in [0.2, 0.25) is 0 Å². The number of nitrogens with zero attached hydrogens (tertiary/aromatic N) is 4. The molecule has 1 aromatic heterocycles. The van der Waals surface area contributed by atoms with Gasteiger partial charge in [-0.3, -0.25) is 4.79 Å². The van der Waals surface area contributed by atoms with Gasteiger partial charge in [0.2, 0.25) is 0 Å². The molecule has 1 N–H and O–H groups in total. The molecule has 0 amide bonds. The summed E-state index contributed by atoms with van der Waals surface area (Å²) in [7, 11) is 0. The van der Waals surface area contributed by atoms with Crippen molar-refractivity contribution >= 4 is 5.97 Å². The lowest BCUT2D eigenvalue weighted by Gasteiger charge is -2.59. The van der Waals surface area contributed by atoms with Crippen LogP contribution in [0.3, 0.4) is 0 Å². The molecule has 6 heteroatoms. The largest absolute Gasteiger partial charge is 0.481 e. The topological polar surface area (TPSA) is 80.9 Å². The van der Waals surface area contributed by atoms with Gasteiger partial charge in [-0.15, -0.1) is 10.2 Å². The maximum absolute atomic E-state index is 11.8. The van der Waals surface area contributed by atoms with Gasteiger partial charge in [0.25, 0.3) is 0 Å². The molecule has 4 saturated carbocycles. The molecular weight excluding hydrogens is 244 g/mol. The molecule has 1 heterocycles. The van der Waals surface area contributed by atoms with Gasteiger partial charge < -0.3 is 5.11 Å². The SMILES string of the molecule is Cc1nnn(C23C[C@@H]4C[C@@H](CC(C(=O)O)(C4)C2)C3)n1. The van der Waals surface area contributed by atoms with Crippen LogP contribution < -0.4 is 0 Å². The highest BCUT2D eigenvalue weighted by atomic mass is 16.4. The van der Waals surface area contributed by atoms with E-state index >= 15 is 0 Å². The van der Waals surface area contributed by atoms with Gasteiger partial charge in [-0.1, -0.05) is 0 Å². The molecule has 2 unspecified atom stereocenters. The average Bonchev–Trinajstić information content (AvgIpc) is 2.74. The Balaban J connectivity index is 1.80. The fourth-order valence-electron chi connectivity index (χ4n) is 5.18. The van der Waals surface area contributed by atoms with Crippen LogP contribution in [0.5, 0.6) is 0 Å². The summed E-state index contributed by atoms with van der Waals surface area (Å²) in [5.41, 5.74) is -0.727. The number of hydrogen-bond donors (Lipinski definition) is 1. The van der Waals surface area contributed by atoms with E-state index in [0.29, 0.717) is 24.1 Å². The molecule has 0 saturated heterocycles. The summed E-state index contributed by atoms with van der Waals surface area (Å²) in [5, 5.41) is 22.2. The van der Waals surface area contributed by atoms with E-state index in [4.69, 9.17) is 0 Å². The van der Waals surface area contributed by atoms with Crippen LogP contribution in [0.15, 0.2) is 0 Å². The monoisotopic (exact) mass is 262 g/mol. The van der Waals surface area contributed by atoms with Gasteiger partial charge in [0.05, 0.1) is 11.0 Å². The Bertz CT molecular complexity index is 539. The third kappa shape index (κ3) is 1.42. The molecule has 0 aliphatic heterocycles. The van der Waals surface area contributed by atoms with E-state index in [-0.39, 0.29) is 5.54 Å². The summed E-state index contributed by atoms with van der Waals surface area (Å²) in [6.07, 6.45) is 5.59. The average molecular weight is 262 g/mol. The molecule has 102 valence electrons. The van der Waals surface area contributed by atoms with Crippen molar-refractivity contribution in [3.05, 3.63) is 5.82 Å². The molecule has 6 nitrogen and oxygen atoms in total. The number of hydrogen-bond acceptors (Lipinski definition) is 4. The lowest BCUT2D eigenvalue weighted by atomic mass is 9.47. The summed E-state index contributed by atoms with van der Waals surface area (Å²) in [4.78, 5) is 13.5.